The molecule has 0 spiro atoms. The van der Waals surface area contributed by atoms with Crippen molar-refractivity contribution in [1.82, 2.24) is 9.62 Å². The highest BCUT2D eigenvalue weighted by Crippen LogP contribution is 2.23. The molecular weight excluding hydrogens is 391 g/mol. The van der Waals surface area contributed by atoms with Crippen LogP contribution in [-0.2, 0) is 20.6 Å². The van der Waals surface area contributed by atoms with Gasteiger partial charge >= 0.3 is 0 Å². The summed E-state index contributed by atoms with van der Waals surface area (Å²) in [7, 11) is -3.49. The first-order valence-corrected chi connectivity index (χ1v) is 11.4. The minimum absolute atomic E-state index is 0.0337. The molecule has 1 aliphatic rings. The van der Waals surface area contributed by atoms with E-state index in [1.54, 1.807) is 0 Å². The molecule has 2 aromatic carbocycles. The van der Waals surface area contributed by atoms with Gasteiger partial charge in [-0.2, -0.15) is 0 Å². The fraction of sp³-hybridized carbons (Fsp3) is 0.409. The van der Waals surface area contributed by atoms with Crippen LogP contribution in [0.3, 0.4) is 0 Å². The van der Waals surface area contributed by atoms with Crippen molar-refractivity contribution in [3.63, 3.8) is 0 Å². The molecule has 29 heavy (non-hydrogen) atoms. The average molecular weight is 419 g/mol. The van der Waals surface area contributed by atoms with Crippen LogP contribution in [0.4, 0.5) is 4.39 Å². The summed E-state index contributed by atoms with van der Waals surface area (Å²) < 4.78 is 39.7. The van der Waals surface area contributed by atoms with E-state index >= 15 is 0 Å². The molecule has 1 N–H and O–H groups in total. The SMILES string of the molecule is Cc1ccc([C@H](C)NC(=O)C2CCN(S(=O)(=O)Cc3ccc(F)cc3)CC2)cc1. The van der Waals surface area contributed by atoms with Crippen LogP contribution in [0, 0.1) is 18.7 Å². The lowest BCUT2D eigenvalue weighted by Gasteiger charge is -2.31. The van der Waals surface area contributed by atoms with Crippen LogP contribution < -0.4 is 5.32 Å². The van der Waals surface area contributed by atoms with E-state index in [1.165, 1.54) is 34.1 Å². The molecule has 5 nitrogen and oxygen atoms in total. The van der Waals surface area contributed by atoms with Crippen LogP contribution in [0.5, 0.6) is 0 Å². The van der Waals surface area contributed by atoms with Crippen molar-refractivity contribution in [2.45, 2.75) is 38.5 Å². The van der Waals surface area contributed by atoms with Gasteiger partial charge in [0.15, 0.2) is 0 Å². The van der Waals surface area contributed by atoms with E-state index in [4.69, 9.17) is 0 Å². The molecule has 1 amide bonds. The summed E-state index contributed by atoms with van der Waals surface area (Å²) in [6.45, 7) is 4.61. The number of carbonyl (C=O) groups is 1. The quantitative estimate of drug-likeness (QED) is 0.780. The van der Waals surface area contributed by atoms with E-state index < -0.39 is 15.8 Å². The maximum Gasteiger partial charge on any atom is 0.223 e. The van der Waals surface area contributed by atoms with Gasteiger partial charge in [0, 0.05) is 19.0 Å². The Hall–Kier alpha value is -2.25. The van der Waals surface area contributed by atoms with E-state index in [2.05, 4.69) is 5.32 Å². The van der Waals surface area contributed by atoms with E-state index in [9.17, 15) is 17.6 Å². The Bertz CT molecular complexity index is 935. The van der Waals surface area contributed by atoms with Crippen LogP contribution in [0.15, 0.2) is 48.5 Å². The molecule has 156 valence electrons. The van der Waals surface area contributed by atoms with Crippen molar-refractivity contribution in [1.29, 1.82) is 0 Å². The number of nitrogens with zero attached hydrogens (tertiary/aromatic N) is 1. The molecule has 0 bridgehead atoms. The maximum absolute atomic E-state index is 13.0. The van der Waals surface area contributed by atoms with Crippen molar-refractivity contribution in [3.8, 4) is 0 Å². The van der Waals surface area contributed by atoms with Crippen molar-refractivity contribution >= 4 is 15.9 Å². The van der Waals surface area contributed by atoms with Gasteiger partial charge in [-0.15, -0.1) is 0 Å². The van der Waals surface area contributed by atoms with Crippen LogP contribution in [0.2, 0.25) is 0 Å². The first-order valence-electron chi connectivity index (χ1n) is 9.84. The predicted octanol–water partition coefficient (Wildman–Crippen LogP) is 3.55. The highest BCUT2D eigenvalue weighted by Gasteiger charge is 2.31. The Morgan fingerprint density at radius 1 is 1.10 bits per heavy atom. The average Bonchev–Trinajstić information content (AvgIpc) is 2.70. The summed E-state index contributed by atoms with van der Waals surface area (Å²) in [5.74, 6) is -0.777. The minimum atomic E-state index is -3.49. The lowest BCUT2D eigenvalue weighted by Crippen LogP contribution is -2.43. The number of piperidine rings is 1. The van der Waals surface area contributed by atoms with E-state index in [-0.39, 0.29) is 23.6 Å². The van der Waals surface area contributed by atoms with Crippen molar-refractivity contribution in [3.05, 3.63) is 71.0 Å². The molecule has 0 aliphatic carbocycles. The molecule has 1 heterocycles. The second-order valence-corrected chi connectivity index (χ2v) is 9.67. The number of aryl methyl sites for hydroxylation is 1. The number of sulfonamides is 1. The second-order valence-electron chi connectivity index (χ2n) is 7.70. The van der Waals surface area contributed by atoms with E-state index in [0.717, 1.165) is 5.56 Å². The molecule has 0 unspecified atom stereocenters. The Balaban J connectivity index is 1.53. The standard InChI is InChI=1S/C22H27FN2O3S/c1-16-3-7-19(8-4-16)17(2)24-22(26)20-11-13-25(14-12-20)29(27,28)15-18-5-9-21(23)10-6-18/h3-10,17,20H,11-15H2,1-2H3,(H,24,26)/t17-/m0/s1. The minimum Gasteiger partial charge on any atom is -0.349 e. The van der Waals surface area contributed by atoms with E-state index in [0.29, 0.717) is 31.5 Å². The molecule has 0 aromatic heterocycles. The topological polar surface area (TPSA) is 66.5 Å². The fourth-order valence-corrected chi connectivity index (χ4v) is 5.11. The number of amides is 1. The Morgan fingerprint density at radius 2 is 1.69 bits per heavy atom. The third-order valence-corrected chi connectivity index (χ3v) is 7.27. The maximum atomic E-state index is 13.0. The lowest BCUT2D eigenvalue weighted by atomic mass is 9.96. The molecule has 7 heteroatoms. The van der Waals surface area contributed by atoms with Gasteiger partial charge in [0.1, 0.15) is 5.82 Å². The highest BCUT2D eigenvalue weighted by molar-refractivity contribution is 7.88. The van der Waals surface area contributed by atoms with Gasteiger partial charge in [0.05, 0.1) is 11.8 Å². The summed E-state index contributed by atoms with van der Waals surface area (Å²) in [6, 6.07) is 13.4. The first-order chi connectivity index (χ1) is 13.7. The monoisotopic (exact) mass is 418 g/mol. The molecule has 1 saturated heterocycles. The lowest BCUT2D eigenvalue weighted by molar-refractivity contribution is -0.126. The van der Waals surface area contributed by atoms with Gasteiger partial charge in [0.2, 0.25) is 15.9 Å². The second kappa shape index (κ2) is 9.05. The third kappa shape index (κ3) is 5.64. The molecule has 1 aliphatic heterocycles. The number of nitrogens with one attached hydrogen (secondary N) is 1. The number of carbonyl (C=O) groups excluding carboxylic acids is 1. The molecule has 1 atom stereocenters. The van der Waals surface area contributed by atoms with Gasteiger partial charge in [0.25, 0.3) is 0 Å². The normalized spacial score (nSPS) is 17.1. The number of rotatable bonds is 6. The van der Waals surface area contributed by atoms with E-state index in [1.807, 2.05) is 38.1 Å². The summed E-state index contributed by atoms with van der Waals surface area (Å²) in [4.78, 5) is 12.6. The zero-order valence-corrected chi connectivity index (χ0v) is 17.6. The molecule has 3 rings (SSSR count). The molecule has 0 radical (unpaired) electrons. The Kier molecular flexibility index (Phi) is 6.70. The van der Waals surface area contributed by atoms with Gasteiger partial charge in [-0.05, 0) is 49.9 Å². The molecule has 1 fully saturated rings. The number of benzene rings is 2. The van der Waals surface area contributed by atoms with Crippen LogP contribution in [0.1, 0.15) is 42.5 Å². The highest BCUT2D eigenvalue weighted by atomic mass is 32.2. The van der Waals surface area contributed by atoms with Gasteiger partial charge < -0.3 is 5.32 Å². The Morgan fingerprint density at radius 3 is 2.28 bits per heavy atom. The zero-order chi connectivity index (χ0) is 21.0. The predicted molar refractivity (Wildman–Crippen MR) is 111 cm³/mol. The number of halogens is 1. The van der Waals surface area contributed by atoms with Crippen LogP contribution in [-0.4, -0.2) is 31.7 Å². The van der Waals surface area contributed by atoms with Crippen molar-refractivity contribution in [2.75, 3.05) is 13.1 Å². The van der Waals surface area contributed by atoms with Crippen LogP contribution >= 0.6 is 0 Å². The first kappa shape index (κ1) is 21.5. The molecular formula is C22H27FN2O3S. The summed E-state index contributed by atoms with van der Waals surface area (Å²) in [5.41, 5.74) is 2.77. The van der Waals surface area contributed by atoms with Gasteiger partial charge in [-0.25, -0.2) is 17.1 Å². The zero-order valence-electron chi connectivity index (χ0n) is 16.8. The summed E-state index contributed by atoms with van der Waals surface area (Å²) in [6.07, 6.45) is 0.990. The van der Waals surface area contributed by atoms with Crippen LogP contribution in [0.25, 0.3) is 0 Å². The molecule has 2 aromatic rings. The smallest absolute Gasteiger partial charge is 0.223 e. The van der Waals surface area contributed by atoms with Gasteiger partial charge in [-0.1, -0.05) is 42.0 Å². The number of hydrogen-bond donors (Lipinski definition) is 1. The number of hydrogen-bond acceptors (Lipinski definition) is 3. The third-order valence-electron chi connectivity index (χ3n) is 5.42. The van der Waals surface area contributed by atoms with Crippen molar-refractivity contribution < 1.29 is 17.6 Å². The molecule has 0 saturated carbocycles. The van der Waals surface area contributed by atoms with Crippen molar-refractivity contribution in [2.24, 2.45) is 5.92 Å². The largest absolute Gasteiger partial charge is 0.349 e. The van der Waals surface area contributed by atoms with Gasteiger partial charge in [-0.3, -0.25) is 4.79 Å². The fourth-order valence-electron chi connectivity index (χ4n) is 3.55. The Labute approximate surface area is 172 Å². The summed E-state index contributed by atoms with van der Waals surface area (Å²) in [5, 5.41) is 3.04. The summed E-state index contributed by atoms with van der Waals surface area (Å²) >= 11 is 0.